The highest BCUT2D eigenvalue weighted by molar-refractivity contribution is 9.09. The monoisotopic (exact) mass is 1190 g/mol. The highest BCUT2D eigenvalue weighted by atomic mass is 79.9. The molecule has 0 aliphatic heterocycles. The lowest BCUT2D eigenvalue weighted by Gasteiger charge is -2.11. The Morgan fingerprint density at radius 1 is 0.467 bits per heavy atom. The van der Waals surface area contributed by atoms with Crippen LogP contribution < -0.4 is 39.9 Å². The summed E-state index contributed by atoms with van der Waals surface area (Å²) in [7, 11) is 0. The number of unbranched alkanes of at least 4 members (excludes halogenated alkanes) is 3. The lowest BCUT2D eigenvalue weighted by atomic mass is 10.1. The van der Waals surface area contributed by atoms with Crippen molar-refractivity contribution in [2.45, 2.75) is 57.6 Å². The minimum Gasteiger partial charge on any atom is -0.508 e. The van der Waals surface area contributed by atoms with Gasteiger partial charge in [0.25, 0.3) is 11.8 Å². The third kappa shape index (κ3) is 29.9. The maximum Gasteiger partial charge on any atom is 0.573 e. The average molecular weight is 1200 g/mol. The van der Waals surface area contributed by atoms with Crippen LogP contribution in [-0.4, -0.2) is 78.0 Å². The van der Waals surface area contributed by atoms with E-state index in [2.05, 4.69) is 35.9 Å². The van der Waals surface area contributed by atoms with Gasteiger partial charge in [0.1, 0.15) is 57.3 Å². The van der Waals surface area contributed by atoms with E-state index in [1.807, 2.05) is 0 Å². The number of benzene rings is 5. The van der Waals surface area contributed by atoms with Gasteiger partial charge in [0.15, 0.2) is 23.1 Å². The number of hydrogen-bond acceptors (Lipinski definition) is 10. The fourth-order valence-electron chi connectivity index (χ4n) is 4.91. The summed E-state index contributed by atoms with van der Waals surface area (Å²) in [5.41, 5.74) is 7.79. The predicted octanol–water partition coefficient (Wildman–Crippen LogP) is 13.6. The summed E-state index contributed by atoms with van der Waals surface area (Å²) in [5, 5.41) is 18.5. The third-order valence-corrected chi connectivity index (χ3v) is 9.28. The number of halogens is 16. The molecule has 5 aromatic carbocycles. The van der Waals surface area contributed by atoms with Crippen molar-refractivity contribution in [2.24, 2.45) is 11.5 Å². The predicted molar refractivity (Wildman–Crippen MR) is 252 cm³/mol. The summed E-state index contributed by atoms with van der Waals surface area (Å²) >= 11 is 14.1. The Morgan fingerprint density at radius 2 is 0.800 bits per heavy atom. The van der Waals surface area contributed by atoms with Crippen LogP contribution >= 0.6 is 39.1 Å². The van der Waals surface area contributed by atoms with Crippen LogP contribution in [0.2, 0.25) is 0 Å². The number of hydrogen-bond donors (Lipinski definition) is 4. The van der Waals surface area contributed by atoms with Gasteiger partial charge in [-0.1, -0.05) is 15.9 Å². The first-order valence-corrected chi connectivity index (χ1v) is 23.4. The molecule has 0 atom stereocenters. The summed E-state index contributed by atoms with van der Waals surface area (Å²) in [6.45, 7) is 0.802. The lowest BCUT2D eigenvalue weighted by Crippen LogP contribution is -2.17. The van der Waals surface area contributed by atoms with Crippen molar-refractivity contribution in [2.75, 3.05) is 36.9 Å². The number of rotatable bonds is 20. The van der Waals surface area contributed by atoms with Crippen molar-refractivity contribution >= 4 is 50.9 Å². The minimum absolute atomic E-state index is 0.0719. The topological polar surface area (TPSA) is 182 Å². The lowest BCUT2D eigenvalue weighted by molar-refractivity contribution is -0.275. The van der Waals surface area contributed by atoms with Gasteiger partial charge in [-0.3, -0.25) is 9.59 Å². The van der Waals surface area contributed by atoms with Crippen LogP contribution in [0.1, 0.15) is 59.2 Å². The molecule has 0 heterocycles. The molecule has 12 nitrogen and oxygen atoms in total. The molecule has 6 N–H and O–H groups in total. The van der Waals surface area contributed by atoms with E-state index in [4.69, 9.17) is 53.4 Å². The zero-order valence-electron chi connectivity index (χ0n) is 38.6. The molecule has 0 spiro atoms. The molecule has 0 aliphatic rings. The summed E-state index contributed by atoms with van der Waals surface area (Å²) in [6, 6.07) is 18.0. The molecule has 0 saturated heterocycles. The quantitative estimate of drug-likeness (QED) is 0.0332. The van der Waals surface area contributed by atoms with Crippen molar-refractivity contribution < 1.29 is 105 Å². The van der Waals surface area contributed by atoms with Crippen LogP contribution in [0.15, 0.2) is 97.1 Å². The fraction of sp³-hybridized carbons (Fsp3) is 0.319. The van der Waals surface area contributed by atoms with Gasteiger partial charge < -0.3 is 50.1 Å². The number of carbonyl (C=O) groups is 2. The summed E-state index contributed by atoms with van der Waals surface area (Å²) in [6.07, 6.45) is -9.19. The number of nitrogens with two attached hydrogens (primary N) is 2. The van der Waals surface area contributed by atoms with Crippen LogP contribution in [0.5, 0.6) is 46.0 Å². The third-order valence-electron chi connectivity index (χ3n) is 8.18. The molecule has 2 amide bonds. The van der Waals surface area contributed by atoms with Crippen molar-refractivity contribution in [3.05, 3.63) is 131 Å². The molecule has 0 radical (unpaired) electrons. The van der Waals surface area contributed by atoms with E-state index < -0.39 is 71.0 Å². The molecule has 0 fully saturated rings. The van der Waals surface area contributed by atoms with E-state index in [0.717, 1.165) is 91.1 Å². The molecule has 75 heavy (non-hydrogen) atoms. The van der Waals surface area contributed by atoms with Crippen LogP contribution in [0.4, 0.5) is 57.1 Å². The van der Waals surface area contributed by atoms with Crippen LogP contribution in [-0.2, 0) is 0 Å². The molecule has 0 aliphatic carbocycles. The van der Waals surface area contributed by atoms with Gasteiger partial charge in [-0.25, -0.2) is 17.6 Å². The SMILES string of the molecule is ClCCCCBr.FC(F)(F)Oc1ccc(OCCCCCl)cc1.NC(=O)c1c(F)ccc(O)c1F.NC(=O)c1c(F)ccc(OCCCCOc2ccc(OC(F)(F)F)cc2)c1F.Oc1ccc(OC(F)(F)F)cc1. The van der Waals surface area contributed by atoms with Gasteiger partial charge in [0.2, 0.25) is 0 Å². The smallest absolute Gasteiger partial charge is 0.508 e. The normalized spacial score (nSPS) is 10.8. The van der Waals surface area contributed by atoms with Crippen molar-refractivity contribution in [1.29, 1.82) is 0 Å². The maximum absolute atomic E-state index is 13.9. The zero-order valence-corrected chi connectivity index (χ0v) is 41.7. The highest BCUT2D eigenvalue weighted by Gasteiger charge is 2.32. The van der Waals surface area contributed by atoms with Gasteiger partial charge in [-0.05, 0) is 136 Å². The first kappa shape index (κ1) is 66.6. The number of primary amides is 2. The Labute approximate surface area is 438 Å². The average Bonchev–Trinajstić information content (AvgIpc) is 3.31. The van der Waals surface area contributed by atoms with E-state index in [9.17, 15) is 66.7 Å². The molecule has 0 saturated carbocycles. The van der Waals surface area contributed by atoms with Crippen LogP contribution in [0, 0.1) is 23.3 Å². The van der Waals surface area contributed by atoms with E-state index in [0.29, 0.717) is 36.8 Å². The second kappa shape index (κ2) is 34.2. The highest BCUT2D eigenvalue weighted by Crippen LogP contribution is 2.28. The van der Waals surface area contributed by atoms with Gasteiger partial charge >= 0.3 is 19.1 Å². The maximum atomic E-state index is 13.9. The zero-order chi connectivity index (χ0) is 56.8. The van der Waals surface area contributed by atoms with Gasteiger partial charge in [0.05, 0.1) is 19.8 Å². The molecular weight excluding hydrogens is 1150 g/mol. The van der Waals surface area contributed by atoms with Crippen molar-refractivity contribution in [3.63, 3.8) is 0 Å². The summed E-state index contributed by atoms with van der Waals surface area (Å²) < 4.78 is 186. The first-order chi connectivity index (χ1) is 35.1. The Bertz CT molecular complexity index is 2440. The number of ether oxygens (including phenoxy) is 6. The van der Waals surface area contributed by atoms with Gasteiger partial charge in [-0.15, -0.1) is 62.7 Å². The Hall–Kier alpha value is -6.41. The molecule has 0 aromatic heterocycles. The second-order valence-corrected chi connectivity index (χ2v) is 15.6. The number of carbonyl (C=O) groups excluding carboxylic acids is 2. The minimum atomic E-state index is -4.76. The molecular formula is C47H46BrCl2F13N2O10. The Balaban J connectivity index is 0.000000511. The molecule has 5 aromatic rings. The standard InChI is InChI=1S/C18H16F5NO4.C11H12ClF3O2.C7H5F3O2.C7H5F2NO2.C4H8BrCl/c19-13-7-8-14(16(20)15(13)17(24)25)27-10-2-1-9-26-11-3-5-12(6-4-11)28-18(21,22)23;12-7-1-2-8-16-9-3-5-10(6-4-9)17-11(13,14)15;8-7(9,10)12-6-3-1-5(11)2-4-6;8-3-1-2-4(11)6(9)5(3)7(10)12;5-3-1-2-4-6/h3-8H,1-2,9-10H2,(H2,24,25);3-6H,1-2,7-8H2;1-4,11H;1-2,11H,(H2,10,12);1-4H2. The Morgan fingerprint density at radius 3 is 1.15 bits per heavy atom. The van der Waals surface area contributed by atoms with E-state index >= 15 is 0 Å². The fourth-order valence-corrected chi connectivity index (χ4v) is 5.69. The van der Waals surface area contributed by atoms with Crippen LogP contribution in [0.25, 0.3) is 0 Å². The van der Waals surface area contributed by atoms with E-state index in [-0.39, 0.29) is 42.0 Å². The molecule has 0 unspecified atom stereocenters. The summed E-state index contributed by atoms with van der Waals surface area (Å²) in [5.74, 6) is -7.07. The number of amides is 2. The number of aromatic hydroxyl groups is 2. The first-order valence-electron chi connectivity index (χ1n) is 21.2. The number of phenols is 2. The number of phenolic OH excluding ortho intramolecular Hbond substituents is 2. The Kier molecular flexibility index (Phi) is 30.4. The van der Waals surface area contributed by atoms with Gasteiger partial charge in [-0.2, -0.15) is 0 Å². The molecule has 5 rings (SSSR count). The second-order valence-electron chi connectivity index (χ2n) is 14.0. The van der Waals surface area contributed by atoms with Crippen LogP contribution in [0.3, 0.4) is 0 Å². The van der Waals surface area contributed by atoms with Crippen molar-refractivity contribution in [1.82, 2.24) is 0 Å². The molecule has 0 bridgehead atoms. The molecule has 28 heteroatoms. The largest absolute Gasteiger partial charge is 0.573 e. The molecule has 416 valence electrons. The van der Waals surface area contributed by atoms with Gasteiger partial charge in [0, 0.05) is 17.1 Å². The van der Waals surface area contributed by atoms with E-state index in [1.54, 1.807) is 0 Å². The number of alkyl halides is 12. The van der Waals surface area contributed by atoms with E-state index in [1.165, 1.54) is 42.8 Å². The summed E-state index contributed by atoms with van der Waals surface area (Å²) in [4.78, 5) is 21.5. The van der Waals surface area contributed by atoms with Crippen molar-refractivity contribution in [3.8, 4) is 46.0 Å².